The van der Waals surface area contributed by atoms with E-state index in [1.54, 1.807) is 30.7 Å². The third kappa shape index (κ3) is 3.87. The van der Waals surface area contributed by atoms with Gasteiger partial charge in [-0.2, -0.15) is 0 Å². The summed E-state index contributed by atoms with van der Waals surface area (Å²) in [5, 5.41) is 0. The summed E-state index contributed by atoms with van der Waals surface area (Å²) in [6.07, 6.45) is 7.69. The lowest BCUT2D eigenvalue weighted by molar-refractivity contribution is -0.0313. The van der Waals surface area contributed by atoms with Crippen LogP contribution in [0.3, 0.4) is 0 Å². The first kappa shape index (κ1) is 19.6. The fourth-order valence-corrected chi connectivity index (χ4v) is 4.65. The molecule has 3 aliphatic rings. The van der Waals surface area contributed by atoms with Gasteiger partial charge in [0.05, 0.1) is 11.6 Å². The van der Waals surface area contributed by atoms with Crippen LogP contribution in [0.5, 0.6) is 5.88 Å². The highest BCUT2D eigenvalue weighted by Crippen LogP contribution is 2.38. The van der Waals surface area contributed by atoms with Crippen molar-refractivity contribution in [2.75, 3.05) is 6.54 Å². The molecule has 31 heavy (non-hydrogen) atoms. The van der Waals surface area contributed by atoms with Gasteiger partial charge in [-0.1, -0.05) is 6.07 Å². The number of aryl methyl sites for hydroxylation is 1. The molecule has 6 nitrogen and oxygen atoms in total. The molecule has 2 bridgehead atoms. The smallest absolute Gasteiger partial charge is 0.255 e. The fraction of sp³-hybridized carbons (Fsp3) is 0.333. The maximum Gasteiger partial charge on any atom is 0.255 e. The van der Waals surface area contributed by atoms with Crippen LogP contribution in [0, 0.1) is 18.7 Å². The van der Waals surface area contributed by atoms with Gasteiger partial charge >= 0.3 is 0 Å². The van der Waals surface area contributed by atoms with Crippen molar-refractivity contribution in [1.29, 1.82) is 0 Å². The Balaban J connectivity index is 1.44. The molecule has 2 saturated heterocycles. The second-order valence-electron chi connectivity index (χ2n) is 8.30. The predicted octanol–water partition coefficient (Wildman–Crippen LogP) is 4.06. The summed E-state index contributed by atoms with van der Waals surface area (Å²) < 4.78 is 20.3. The SMILES string of the molecule is Cc1ccc(OC2CC3CCC2N(C(=O)c2cc(F)ccc2-c2ncccn2)C3)nc1. The van der Waals surface area contributed by atoms with Gasteiger partial charge in [0, 0.05) is 36.8 Å². The van der Waals surface area contributed by atoms with Crippen LogP contribution >= 0.6 is 0 Å². The highest BCUT2D eigenvalue weighted by atomic mass is 19.1. The van der Waals surface area contributed by atoms with Gasteiger partial charge in [0.2, 0.25) is 5.88 Å². The monoisotopic (exact) mass is 418 g/mol. The predicted molar refractivity (Wildman–Crippen MR) is 113 cm³/mol. The summed E-state index contributed by atoms with van der Waals surface area (Å²) in [5.74, 6) is 0.669. The molecular formula is C24H23FN4O2. The molecule has 2 aromatic heterocycles. The first-order valence-electron chi connectivity index (χ1n) is 10.6. The first-order valence-corrected chi connectivity index (χ1v) is 10.6. The van der Waals surface area contributed by atoms with E-state index in [0.717, 1.165) is 24.8 Å². The highest BCUT2D eigenvalue weighted by Gasteiger charge is 2.45. The number of fused-ring (bicyclic) bond motifs is 3. The van der Waals surface area contributed by atoms with E-state index in [-0.39, 0.29) is 23.6 Å². The Bertz CT molecular complexity index is 1090. The molecule has 0 spiro atoms. The van der Waals surface area contributed by atoms with Crippen LogP contribution in [-0.2, 0) is 0 Å². The van der Waals surface area contributed by atoms with Gasteiger partial charge in [-0.25, -0.2) is 19.3 Å². The van der Waals surface area contributed by atoms with E-state index >= 15 is 0 Å². The number of hydrogen-bond acceptors (Lipinski definition) is 5. The van der Waals surface area contributed by atoms with E-state index < -0.39 is 5.82 Å². The maximum absolute atomic E-state index is 14.1. The van der Waals surface area contributed by atoms with Crippen molar-refractivity contribution in [3.63, 3.8) is 0 Å². The van der Waals surface area contributed by atoms with Gasteiger partial charge in [0.25, 0.3) is 5.91 Å². The minimum absolute atomic E-state index is 0.0755. The topological polar surface area (TPSA) is 68.2 Å². The van der Waals surface area contributed by atoms with E-state index in [4.69, 9.17) is 4.74 Å². The zero-order valence-corrected chi connectivity index (χ0v) is 17.2. The number of halogens is 1. The first-order chi connectivity index (χ1) is 15.1. The van der Waals surface area contributed by atoms with Gasteiger partial charge in [-0.05, 0) is 61.9 Å². The molecule has 6 rings (SSSR count). The minimum atomic E-state index is -0.457. The standard InChI is InChI=1S/C24H23FN4O2/c1-15-3-8-22(28-13-15)31-21-11-16-4-7-20(21)29(14-16)24(30)19-12-17(25)5-6-18(19)23-26-9-2-10-27-23/h2-3,5-6,8-10,12-13,16,20-21H,4,7,11,14H2,1H3. The molecule has 3 aromatic rings. The Kier molecular flexibility index (Phi) is 5.10. The summed E-state index contributed by atoms with van der Waals surface area (Å²) >= 11 is 0. The van der Waals surface area contributed by atoms with Crippen LogP contribution in [0.1, 0.15) is 35.2 Å². The second kappa shape index (κ2) is 8.06. The number of carbonyl (C=O) groups is 1. The van der Waals surface area contributed by atoms with Gasteiger partial charge < -0.3 is 9.64 Å². The number of amides is 1. The third-order valence-electron chi connectivity index (χ3n) is 6.16. The molecule has 3 fully saturated rings. The quantitative estimate of drug-likeness (QED) is 0.639. The number of carbonyl (C=O) groups excluding carboxylic acids is 1. The van der Waals surface area contributed by atoms with Crippen molar-refractivity contribution in [3.8, 4) is 17.3 Å². The molecule has 1 aliphatic carbocycles. The number of nitrogens with zero attached hydrogens (tertiary/aromatic N) is 4. The molecule has 0 N–H and O–H groups in total. The molecule has 3 unspecified atom stereocenters. The van der Waals surface area contributed by atoms with Crippen LogP contribution in [0.25, 0.3) is 11.4 Å². The van der Waals surface area contributed by atoms with Crippen molar-refractivity contribution in [1.82, 2.24) is 19.9 Å². The Morgan fingerprint density at radius 2 is 1.97 bits per heavy atom. The average molecular weight is 418 g/mol. The van der Waals surface area contributed by atoms with E-state index in [9.17, 15) is 9.18 Å². The number of pyridine rings is 1. The van der Waals surface area contributed by atoms with Crippen LogP contribution < -0.4 is 4.74 Å². The highest BCUT2D eigenvalue weighted by molar-refractivity contribution is 6.00. The fourth-order valence-electron chi connectivity index (χ4n) is 4.65. The molecule has 158 valence electrons. The Hall–Kier alpha value is -3.35. The van der Waals surface area contributed by atoms with Crippen LogP contribution in [0.15, 0.2) is 55.0 Å². The summed E-state index contributed by atoms with van der Waals surface area (Å²) in [6, 6.07) is 9.65. The Morgan fingerprint density at radius 1 is 1.13 bits per heavy atom. The molecular weight excluding hydrogens is 395 g/mol. The summed E-state index contributed by atoms with van der Waals surface area (Å²) in [7, 11) is 0. The molecule has 4 heterocycles. The Morgan fingerprint density at radius 3 is 2.71 bits per heavy atom. The number of benzene rings is 1. The number of piperidine rings is 2. The molecule has 2 aliphatic heterocycles. The summed E-state index contributed by atoms with van der Waals surface area (Å²) in [4.78, 5) is 28.3. The number of hydrogen-bond donors (Lipinski definition) is 0. The minimum Gasteiger partial charge on any atom is -0.472 e. The summed E-state index contributed by atoms with van der Waals surface area (Å²) in [5.41, 5.74) is 1.88. The number of aromatic nitrogens is 3. The van der Waals surface area contributed by atoms with E-state index in [0.29, 0.717) is 29.7 Å². The van der Waals surface area contributed by atoms with E-state index in [1.807, 2.05) is 24.0 Å². The second-order valence-corrected chi connectivity index (χ2v) is 8.30. The van der Waals surface area contributed by atoms with Gasteiger partial charge in [-0.15, -0.1) is 0 Å². The van der Waals surface area contributed by atoms with Crippen molar-refractivity contribution in [2.24, 2.45) is 5.92 Å². The molecule has 3 atom stereocenters. The lowest BCUT2D eigenvalue weighted by atomic mass is 9.77. The average Bonchev–Trinajstić information content (AvgIpc) is 2.81. The molecule has 1 saturated carbocycles. The maximum atomic E-state index is 14.1. The number of ether oxygens (including phenoxy) is 1. The van der Waals surface area contributed by atoms with E-state index in [2.05, 4.69) is 15.0 Å². The van der Waals surface area contributed by atoms with Crippen LogP contribution in [-0.4, -0.2) is 44.4 Å². The molecule has 0 radical (unpaired) electrons. The third-order valence-corrected chi connectivity index (χ3v) is 6.16. The number of rotatable bonds is 4. The summed E-state index contributed by atoms with van der Waals surface area (Å²) in [6.45, 7) is 2.63. The van der Waals surface area contributed by atoms with Crippen molar-refractivity contribution < 1.29 is 13.9 Å². The lowest BCUT2D eigenvalue weighted by Crippen LogP contribution is -2.59. The molecule has 1 amide bonds. The van der Waals surface area contributed by atoms with E-state index in [1.165, 1.54) is 12.1 Å². The van der Waals surface area contributed by atoms with Crippen molar-refractivity contribution >= 4 is 5.91 Å². The molecule has 7 heteroatoms. The lowest BCUT2D eigenvalue weighted by Gasteiger charge is -2.49. The van der Waals surface area contributed by atoms with Gasteiger partial charge in [-0.3, -0.25) is 4.79 Å². The van der Waals surface area contributed by atoms with Crippen molar-refractivity contribution in [3.05, 3.63) is 71.9 Å². The largest absolute Gasteiger partial charge is 0.472 e. The normalized spacial score (nSPS) is 22.4. The zero-order chi connectivity index (χ0) is 21.4. The van der Waals surface area contributed by atoms with Crippen molar-refractivity contribution in [2.45, 2.75) is 38.3 Å². The van der Waals surface area contributed by atoms with Gasteiger partial charge in [0.15, 0.2) is 5.82 Å². The van der Waals surface area contributed by atoms with Crippen LogP contribution in [0.2, 0.25) is 0 Å². The Labute approximate surface area is 180 Å². The zero-order valence-electron chi connectivity index (χ0n) is 17.2. The molecule has 1 aromatic carbocycles. The van der Waals surface area contributed by atoms with Gasteiger partial charge in [0.1, 0.15) is 11.9 Å². The van der Waals surface area contributed by atoms with Crippen LogP contribution in [0.4, 0.5) is 4.39 Å².